The van der Waals surface area contributed by atoms with E-state index in [4.69, 9.17) is 0 Å². The SMILES string of the molecule is CC(C)c1nc(CNC(=O)c2cccc(N(C)C)c2)cs1. The van der Waals surface area contributed by atoms with Gasteiger partial charge in [0, 0.05) is 36.6 Å². The Morgan fingerprint density at radius 1 is 1.38 bits per heavy atom. The summed E-state index contributed by atoms with van der Waals surface area (Å²) in [6, 6.07) is 7.58. The van der Waals surface area contributed by atoms with Crippen molar-refractivity contribution in [1.82, 2.24) is 10.3 Å². The lowest BCUT2D eigenvalue weighted by Gasteiger charge is -2.13. The molecule has 0 saturated heterocycles. The highest BCUT2D eigenvalue weighted by Crippen LogP contribution is 2.19. The molecule has 5 heteroatoms. The first kappa shape index (κ1) is 15.5. The molecule has 0 aliphatic carbocycles. The molecule has 0 aliphatic heterocycles. The zero-order valence-corrected chi connectivity index (χ0v) is 13.7. The Kier molecular flexibility index (Phi) is 4.96. The molecule has 21 heavy (non-hydrogen) atoms. The highest BCUT2D eigenvalue weighted by molar-refractivity contribution is 7.09. The van der Waals surface area contributed by atoms with Gasteiger partial charge in [-0.3, -0.25) is 4.79 Å². The molecular formula is C16H21N3OS. The molecule has 1 heterocycles. The zero-order valence-electron chi connectivity index (χ0n) is 12.9. The Hall–Kier alpha value is -1.88. The number of hydrogen-bond donors (Lipinski definition) is 1. The van der Waals surface area contributed by atoms with Gasteiger partial charge in [0.2, 0.25) is 0 Å². The summed E-state index contributed by atoms with van der Waals surface area (Å²) in [4.78, 5) is 18.7. The van der Waals surface area contributed by atoms with Gasteiger partial charge in [-0.15, -0.1) is 11.3 Å². The molecule has 0 saturated carbocycles. The summed E-state index contributed by atoms with van der Waals surface area (Å²) in [7, 11) is 3.92. The van der Waals surface area contributed by atoms with Crippen molar-refractivity contribution in [2.24, 2.45) is 0 Å². The van der Waals surface area contributed by atoms with Crippen LogP contribution in [0.15, 0.2) is 29.6 Å². The second-order valence-corrected chi connectivity index (χ2v) is 6.35. The smallest absolute Gasteiger partial charge is 0.251 e. The number of carbonyl (C=O) groups excluding carboxylic acids is 1. The average molecular weight is 303 g/mol. The molecule has 0 spiro atoms. The van der Waals surface area contributed by atoms with Crippen molar-refractivity contribution in [1.29, 1.82) is 0 Å². The van der Waals surface area contributed by atoms with Crippen LogP contribution in [-0.2, 0) is 6.54 Å². The molecule has 4 nitrogen and oxygen atoms in total. The normalized spacial score (nSPS) is 10.7. The second kappa shape index (κ2) is 6.72. The van der Waals surface area contributed by atoms with Gasteiger partial charge < -0.3 is 10.2 Å². The van der Waals surface area contributed by atoms with Crippen LogP contribution in [0.5, 0.6) is 0 Å². The number of hydrogen-bond acceptors (Lipinski definition) is 4. The summed E-state index contributed by atoms with van der Waals surface area (Å²) >= 11 is 1.64. The van der Waals surface area contributed by atoms with Gasteiger partial charge in [-0.2, -0.15) is 0 Å². The maximum Gasteiger partial charge on any atom is 0.251 e. The minimum Gasteiger partial charge on any atom is -0.378 e. The molecule has 0 bridgehead atoms. The van der Waals surface area contributed by atoms with E-state index in [2.05, 4.69) is 24.1 Å². The molecule has 0 radical (unpaired) electrons. The lowest BCUT2D eigenvalue weighted by molar-refractivity contribution is 0.0950. The van der Waals surface area contributed by atoms with Gasteiger partial charge in [0.15, 0.2) is 0 Å². The summed E-state index contributed by atoms with van der Waals surface area (Å²) < 4.78 is 0. The first-order valence-electron chi connectivity index (χ1n) is 6.97. The first-order valence-corrected chi connectivity index (χ1v) is 7.85. The van der Waals surface area contributed by atoms with Crippen LogP contribution in [0.4, 0.5) is 5.69 Å². The molecule has 0 atom stereocenters. The quantitative estimate of drug-likeness (QED) is 0.922. The van der Waals surface area contributed by atoms with Gasteiger partial charge in [-0.1, -0.05) is 19.9 Å². The molecule has 112 valence electrons. The molecule has 1 aromatic carbocycles. The Balaban J connectivity index is 1.99. The predicted octanol–water partition coefficient (Wildman–Crippen LogP) is 3.26. The van der Waals surface area contributed by atoms with Crippen molar-refractivity contribution >= 4 is 22.9 Å². The summed E-state index contributed by atoms with van der Waals surface area (Å²) in [5, 5.41) is 6.03. The van der Waals surface area contributed by atoms with Crippen molar-refractivity contribution in [2.75, 3.05) is 19.0 Å². The molecule has 0 unspecified atom stereocenters. The minimum absolute atomic E-state index is 0.0715. The number of aromatic nitrogens is 1. The Bertz CT molecular complexity index is 619. The largest absolute Gasteiger partial charge is 0.378 e. The summed E-state index contributed by atoms with van der Waals surface area (Å²) in [5.74, 6) is 0.356. The van der Waals surface area contributed by atoms with Crippen LogP contribution < -0.4 is 10.2 Å². The lowest BCUT2D eigenvalue weighted by atomic mass is 10.2. The number of benzene rings is 1. The monoisotopic (exact) mass is 303 g/mol. The van der Waals surface area contributed by atoms with Crippen molar-refractivity contribution in [3.8, 4) is 0 Å². The van der Waals surface area contributed by atoms with E-state index in [-0.39, 0.29) is 5.91 Å². The fourth-order valence-corrected chi connectivity index (χ4v) is 2.70. The number of nitrogens with zero attached hydrogens (tertiary/aromatic N) is 2. The maximum atomic E-state index is 12.2. The number of anilines is 1. The van der Waals surface area contributed by atoms with Crippen LogP contribution in [0.2, 0.25) is 0 Å². The number of carbonyl (C=O) groups is 1. The van der Waals surface area contributed by atoms with Crippen LogP contribution in [-0.4, -0.2) is 25.0 Å². The van der Waals surface area contributed by atoms with Crippen molar-refractivity contribution < 1.29 is 4.79 Å². The van der Waals surface area contributed by atoms with Gasteiger partial charge in [0.1, 0.15) is 0 Å². The third-order valence-corrected chi connectivity index (χ3v) is 4.31. The van der Waals surface area contributed by atoms with E-state index < -0.39 is 0 Å². The minimum atomic E-state index is -0.0715. The van der Waals surface area contributed by atoms with Crippen molar-refractivity contribution in [2.45, 2.75) is 26.3 Å². The van der Waals surface area contributed by atoms with Gasteiger partial charge in [-0.05, 0) is 18.2 Å². The fraction of sp³-hybridized carbons (Fsp3) is 0.375. The summed E-state index contributed by atoms with van der Waals surface area (Å²) in [6.45, 7) is 4.70. The first-order chi connectivity index (χ1) is 9.97. The second-order valence-electron chi connectivity index (χ2n) is 5.46. The highest BCUT2D eigenvalue weighted by Gasteiger charge is 2.09. The van der Waals surface area contributed by atoms with Crippen molar-refractivity contribution in [3.05, 3.63) is 45.9 Å². The van der Waals surface area contributed by atoms with Gasteiger partial charge in [0.05, 0.1) is 17.2 Å². The molecule has 0 aliphatic rings. The Labute approximate surface area is 129 Å². The van der Waals surface area contributed by atoms with E-state index in [9.17, 15) is 4.79 Å². The average Bonchev–Trinajstić information content (AvgIpc) is 2.94. The van der Waals surface area contributed by atoms with Crippen LogP contribution in [0.1, 0.15) is 40.8 Å². The summed E-state index contributed by atoms with van der Waals surface area (Å²) in [5.41, 5.74) is 2.60. The van der Waals surface area contributed by atoms with E-state index >= 15 is 0 Å². The molecule has 2 aromatic rings. The van der Waals surface area contributed by atoms with Crippen LogP contribution in [0.25, 0.3) is 0 Å². The third-order valence-electron chi connectivity index (χ3n) is 3.12. The lowest BCUT2D eigenvalue weighted by Crippen LogP contribution is -2.23. The van der Waals surface area contributed by atoms with E-state index in [1.54, 1.807) is 11.3 Å². The number of rotatable bonds is 5. The van der Waals surface area contributed by atoms with Crippen LogP contribution in [0.3, 0.4) is 0 Å². The third kappa shape index (κ3) is 4.04. The molecular weight excluding hydrogens is 282 g/mol. The van der Waals surface area contributed by atoms with E-state index in [0.29, 0.717) is 18.0 Å². The zero-order chi connectivity index (χ0) is 15.4. The summed E-state index contributed by atoms with van der Waals surface area (Å²) in [6.07, 6.45) is 0. The highest BCUT2D eigenvalue weighted by atomic mass is 32.1. The van der Waals surface area contributed by atoms with Gasteiger partial charge in [-0.25, -0.2) is 4.98 Å². The standard InChI is InChI=1S/C16H21N3OS/c1-11(2)16-18-13(10-21-16)9-17-15(20)12-6-5-7-14(8-12)19(3)4/h5-8,10-11H,9H2,1-4H3,(H,17,20). The van der Waals surface area contributed by atoms with Gasteiger partial charge >= 0.3 is 0 Å². The molecule has 1 aromatic heterocycles. The molecule has 0 fully saturated rings. The molecule has 2 rings (SSSR count). The van der Waals surface area contributed by atoms with E-state index in [1.807, 2.05) is 48.6 Å². The number of thiazole rings is 1. The van der Waals surface area contributed by atoms with Gasteiger partial charge in [0.25, 0.3) is 5.91 Å². The van der Waals surface area contributed by atoms with Crippen LogP contribution in [0, 0.1) is 0 Å². The molecule has 1 N–H and O–H groups in total. The fourth-order valence-electron chi connectivity index (χ4n) is 1.87. The number of nitrogens with one attached hydrogen (secondary N) is 1. The Morgan fingerprint density at radius 3 is 2.76 bits per heavy atom. The Morgan fingerprint density at radius 2 is 2.14 bits per heavy atom. The predicted molar refractivity (Wildman–Crippen MR) is 88.1 cm³/mol. The maximum absolute atomic E-state index is 12.2. The van der Waals surface area contributed by atoms with Crippen LogP contribution >= 0.6 is 11.3 Å². The van der Waals surface area contributed by atoms with E-state index in [0.717, 1.165) is 16.4 Å². The van der Waals surface area contributed by atoms with E-state index in [1.165, 1.54) is 0 Å². The topological polar surface area (TPSA) is 45.2 Å². The van der Waals surface area contributed by atoms with Crippen molar-refractivity contribution in [3.63, 3.8) is 0 Å². The molecule has 1 amide bonds. The number of amides is 1.